The Bertz CT molecular complexity index is 346. The number of fused-ring (bicyclic) bond motifs is 1. The number of hydrogen-bond donors (Lipinski definition) is 2. The Morgan fingerprint density at radius 3 is 3.07 bits per heavy atom. The number of aliphatic hydroxyl groups excluding tert-OH is 1. The normalized spacial score (nSPS) is 20.2. The number of rotatable bonds is 2. The maximum absolute atomic E-state index is 9.06. The fourth-order valence-electron chi connectivity index (χ4n) is 1.86. The topological polar surface area (TPSA) is 32.3 Å². The summed E-state index contributed by atoms with van der Waals surface area (Å²) in [4.78, 5) is 0. The third-order valence-electron chi connectivity index (χ3n) is 2.73. The van der Waals surface area contributed by atoms with Crippen LogP contribution in [0.15, 0.2) is 24.8 Å². The van der Waals surface area contributed by atoms with Crippen molar-refractivity contribution >= 4 is 6.08 Å². The van der Waals surface area contributed by atoms with Crippen molar-refractivity contribution in [1.29, 1.82) is 0 Å². The second-order valence-corrected chi connectivity index (χ2v) is 3.70. The molecule has 0 amide bonds. The molecule has 0 unspecified atom stereocenters. The van der Waals surface area contributed by atoms with E-state index in [9.17, 15) is 0 Å². The van der Waals surface area contributed by atoms with E-state index in [4.69, 9.17) is 5.11 Å². The van der Waals surface area contributed by atoms with Gasteiger partial charge in [0.1, 0.15) is 0 Å². The van der Waals surface area contributed by atoms with Gasteiger partial charge >= 0.3 is 0 Å². The molecule has 0 aliphatic carbocycles. The van der Waals surface area contributed by atoms with Crippen LogP contribution < -0.4 is 5.32 Å². The van der Waals surface area contributed by atoms with Crippen LogP contribution in [0.2, 0.25) is 0 Å². The van der Waals surface area contributed by atoms with Crippen LogP contribution in [0, 0.1) is 0 Å². The lowest BCUT2D eigenvalue weighted by Gasteiger charge is -2.24. The molecular formula is C12H15NO. The highest BCUT2D eigenvalue weighted by atomic mass is 16.3. The van der Waals surface area contributed by atoms with Gasteiger partial charge in [-0.05, 0) is 23.1 Å². The average molecular weight is 189 g/mol. The van der Waals surface area contributed by atoms with E-state index in [0.717, 1.165) is 18.5 Å². The van der Waals surface area contributed by atoms with Gasteiger partial charge in [-0.25, -0.2) is 0 Å². The molecule has 1 heterocycles. The van der Waals surface area contributed by atoms with Crippen LogP contribution in [0.25, 0.3) is 6.08 Å². The van der Waals surface area contributed by atoms with Crippen LogP contribution in [-0.2, 0) is 13.0 Å². The van der Waals surface area contributed by atoms with Crippen molar-refractivity contribution < 1.29 is 5.11 Å². The fraction of sp³-hybridized carbons (Fsp3) is 0.333. The van der Waals surface area contributed by atoms with Crippen molar-refractivity contribution in [1.82, 2.24) is 5.32 Å². The Labute approximate surface area is 84.3 Å². The van der Waals surface area contributed by atoms with E-state index in [1.807, 2.05) is 6.08 Å². The molecular weight excluding hydrogens is 174 g/mol. The van der Waals surface area contributed by atoms with Gasteiger partial charge in [-0.3, -0.25) is 0 Å². The second kappa shape index (κ2) is 3.95. The summed E-state index contributed by atoms with van der Waals surface area (Å²) in [5.41, 5.74) is 3.82. The lowest BCUT2D eigenvalue weighted by molar-refractivity contribution is 0.236. The van der Waals surface area contributed by atoms with E-state index >= 15 is 0 Å². The first-order valence-electron chi connectivity index (χ1n) is 4.92. The molecule has 0 radical (unpaired) electrons. The summed E-state index contributed by atoms with van der Waals surface area (Å²) >= 11 is 0. The first kappa shape index (κ1) is 9.44. The van der Waals surface area contributed by atoms with Crippen molar-refractivity contribution in [3.63, 3.8) is 0 Å². The van der Waals surface area contributed by atoms with Gasteiger partial charge in [-0.2, -0.15) is 0 Å². The predicted octanol–water partition coefficient (Wildman–Crippen LogP) is 1.34. The van der Waals surface area contributed by atoms with Gasteiger partial charge in [-0.15, -0.1) is 0 Å². The number of benzene rings is 1. The number of nitrogens with one attached hydrogen (secondary N) is 1. The molecule has 2 nitrogen and oxygen atoms in total. The Morgan fingerprint density at radius 2 is 2.36 bits per heavy atom. The Kier molecular flexibility index (Phi) is 2.66. The van der Waals surface area contributed by atoms with Crippen molar-refractivity contribution in [2.24, 2.45) is 0 Å². The summed E-state index contributed by atoms with van der Waals surface area (Å²) in [6.45, 7) is 4.82. The standard InChI is InChI=1S/C12H15NO/c1-2-9-3-4-10-7-13-12(8-14)6-11(10)5-9/h2-5,12-14H,1,6-8H2/t12-/m0/s1. The number of aliphatic hydroxyl groups is 1. The van der Waals surface area contributed by atoms with E-state index < -0.39 is 0 Å². The van der Waals surface area contributed by atoms with Crippen molar-refractivity contribution in [2.45, 2.75) is 19.0 Å². The van der Waals surface area contributed by atoms with Crippen molar-refractivity contribution in [2.75, 3.05) is 6.61 Å². The first-order valence-corrected chi connectivity index (χ1v) is 4.92. The molecule has 0 aromatic heterocycles. The zero-order valence-corrected chi connectivity index (χ0v) is 8.16. The number of hydrogen-bond acceptors (Lipinski definition) is 2. The lowest BCUT2D eigenvalue weighted by Crippen LogP contribution is -2.38. The molecule has 0 bridgehead atoms. The average Bonchev–Trinajstić information content (AvgIpc) is 2.27. The van der Waals surface area contributed by atoms with Crippen molar-refractivity contribution in [3.8, 4) is 0 Å². The molecule has 0 saturated carbocycles. The maximum Gasteiger partial charge on any atom is 0.0587 e. The molecule has 14 heavy (non-hydrogen) atoms. The van der Waals surface area contributed by atoms with Gasteiger partial charge in [0.2, 0.25) is 0 Å². The Hall–Kier alpha value is -1.12. The summed E-state index contributed by atoms with van der Waals surface area (Å²) in [5.74, 6) is 0. The maximum atomic E-state index is 9.06. The summed E-state index contributed by atoms with van der Waals surface area (Å²) in [6, 6.07) is 6.58. The molecule has 1 aliphatic rings. The molecule has 1 aromatic carbocycles. The molecule has 74 valence electrons. The largest absolute Gasteiger partial charge is 0.395 e. The minimum Gasteiger partial charge on any atom is -0.395 e. The van der Waals surface area contributed by atoms with E-state index in [-0.39, 0.29) is 12.6 Å². The highest BCUT2D eigenvalue weighted by molar-refractivity contribution is 5.50. The Balaban J connectivity index is 2.29. The zero-order chi connectivity index (χ0) is 9.97. The predicted molar refractivity (Wildman–Crippen MR) is 58.0 cm³/mol. The highest BCUT2D eigenvalue weighted by Gasteiger charge is 2.16. The molecule has 0 fully saturated rings. The van der Waals surface area contributed by atoms with Crippen LogP contribution in [-0.4, -0.2) is 17.8 Å². The van der Waals surface area contributed by atoms with Crippen LogP contribution in [0.3, 0.4) is 0 Å². The van der Waals surface area contributed by atoms with Gasteiger partial charge in [-0.1, -0.05) is 30.9 Å². The third kappa shape index (κ3) is 1.72. The quantitative estimate of drug-likeness (QED) is 0.735. The van der Waals surface area contributed by atoms with Crippen LogP contribution >= 0.6 is 0 Å². The monoisotopic (exact) mass is 189 g/mol. The van der Waals surface area contributed by atoms with E-state index in [0.29, 0.717) is 0 Å². The SMILES string of the molecule is C=Cc1ccc2c(c1)C[C@@H](CO)NC2. The van der Waals surface area contributed by atoms with Crippen LogP contribution in [0.1, 0.15) is 16.7 Å². The minimum atomic E-state index is 0.206. The second-order valence-electron chi connectivity index (χ2n) is 3.70. The van der Waals surface area contributed by atoms with Crippen LogP contribution in [0.4, 0.5) is 0 Å². The minimum absolute atomic E-state index is 0.206. The smallest absolute Gasteiger partial charge is 0.0587 e. The van der Waals surface area contributed by atoms with E-state index in [1.165, 1.54) is 11.1 Å². The summed E-state index contributed by atoms with van der Waals surface area (Å²) in [6.07, 6.45) is 2.77. The van der Waals surface area contributed by atoms with Crippen molar-refractivity contribution in [3.05, 3.63) is 41.5 Å². The fourth-order valence-corrected chi connectivity index (χ4v) is 1.86. The molecule has 2 heteroatoms. The van der Waals surface area contributed by atoms with Crippen LogP contribution in [0.5, 0.6) is 0 Å². The molecule has 1 aromatic rings. The summed E-state index contributed by atoms with van der Waals surface area (Å²) < 4.78 is 0. The third-order valence-corrected chi connectivity index (χ3v) is 2.73. The van der Waals surface area contributed by atoms with Gasteiger partial charge < -0.3 is 10.4 Å². The highest BCUT2D eigenvalue weighted by Crippen LogP contribution is 2.18. The van der Waals surface area contributed by atoms with E-state index in [2.05, 4.69) is 30.1 Å². The molecule has 1 aliphatic heterocycles. The lowest BCUT2D eigenvalue weighted by atomic mass is 9.94. The first-order chi connectivity index (χ1) is 6.83. The molecule has 2 rings (SSSR count). The Morgan fingerprint density at radius 1 is 1.50 bits per heavy atom. The molecule has 0 saturated heterocycles. The van der Waals surface area contributed by atoms with E-state index in [1.54, 1.807) is 0 Å². The molecule has 2 N–H and O–H groups in total. The van der Waals surface area contributed by atoms with Gasteiger partial charge in [0.25, 0.3) is 0 Å². The summed E-state index contributed by atoms with van der Waals surface area (Å²) in [7, 11) is 0. The van der Waals surface area contributed by atoms with Gasteiger partial charge in [0, 0.05) is 12.6 Å². The zero-order valence-electron chi connectivity index (χ0n) is 8.16. The van der Waals surface area contributed by atoms with Gasteiger partial charge in [0.15, 0.2) is 0 Å². The molecule has 1 atom stereocenters. The molecule has 0 spiro atoms. The van der Waals surface area contributed by atoms with Gasteiger partial charge in [0.05, 0.1) is 6.61 Å². The summed E-state index contributed by atoms with van der Waals surface area (Å²) in [5, 5.41) is 12.3.